The molecule has 1 amide bonds. The topological polar surface area (TPSA) is 49.4 Å². The number of nitrogens with one attached hydrogen (secondary N) is 1. The Morgan fingerprint density at radius 1 is 1.16 bits per heavy atom. The molecule has 2 atom stereocenters. The van der Waals surface area contributed by atoms with E-state index in [1.807, 2.05) is 12.1 Å². The zero-order valence-corrected chi connectivity index (χ0v) is 15.6. The number of anilines is 2. The summed E-state index contributed by atoms with van der Waals surface area (Å²) in [7, 11) is 0. The quantitative estimate of drug-likeness (QED) is 0.870. The third-order valence-corrected chi connectivity index (χ3v) is 5.85. The van der Waals surface area contributed by atoms with E-state index >= 15 is 0 Å². The third kappa shape index (κ3) is 3.88. The van der Waals surface area contributed by atoms with Gasteiger partial charge in [0, 0.05) is 41.7 Å². The van der Waals surface area contributed by atoms with Crippen LogP contribution < -0.4 is 10.2 Å². The largest absolute Gasteiger partial charge is 0.369 e. The number of amides is 1. The minimum atomic E-state index is -0.0181. The van der Waals surface area contributed by atoms with Gasteiger partial charge in [-0.2, -0.15) is 0 Å². The molecule has 0 aliphatic heterocycles. The Bertz CT molecular complexity index is 607. The van der Waals surface area contributed by atoms with Gasteiger partial charge in [0.1, 0.15) is 5.78 Å². The van der Waals surface area contributed by atoms with E-state index in [9.17, 15) is 9.59 Å². The van der Waals surface area contributed by atoms with Crippen LogP contribution in [-0.4, -0.2) is 24.3 Å². The van der Waals surface area contributed by atoms with Gasteiger partial charge in [0.15, 0.2) is 0 Å². The highest BCUT2D eigenvalue weighted by atomic mass is 16.2. The highest BCUT2D eigenvalue weighted by molar-refractivity contribution is 5.95. The van der Waals surface area contributed by atoms with Crippen LogP contribution in [0.2, 0.25) is 0 Å². The van der Waals surface area contributed by atoms with Gasteiger partial charge in [-0.1, -0.05) is 6.42 Å². The summed E-state index contributed by atoms with van der Waals surface area (Å²) in [6.45, 7) is 7.47. The van der Waals surface area contributed by atoms with Gasteiger partial charge in [-0.25, -0.2) is 0 Å². The summed E-state index contributed by atoms with van der Waals surface area (Å²) in [5.74, 6) is 0.710. The van der Waals surface area contributed by atoms with Gasteiger partial charge in [0.05, 0.1) is 0 Å². The number of hydrogen-bond acceptors (Lipinski definition) is 3. The van der Waals surface area contributed by atoms with E-state index in [4.69, 9.17) is 0 Å². The van der Waals surface area contributed by atoms with E-state index in [1.54, 1.807) is 0 Å². The molecule has 4 nitrogen and oxygen atoms in total. The van der Waals surface area contributed by atoms with E-state index in [1.165, 1.54) is 5.69 Å². The number of carbonyl (C=O) groups excluding carboxylic acids is 2. The summed E-state index contributed by atoms with van der Waals surface area (Å²) >= 11 is 0. The molecule has 1 aromatic rings. The van der Waals surface area contributed by atoms with Crippen molar-refractivity contribution in [3.05, 3.63) is 24.3 Å². The van der Waals surface area contributed by atoms with Crippen LogP contribution in [0.4, 0.5) is 11.4 Å². The molecule has 2 saturated carbocycles. The fourth-order valence-electron chi connectivity index (χ4n) is 4.52. The number of ketones is 1. The van der Waals surface area contributed by atoms with Crippen molar-refractivity contribution >= 4 is 23.1 Å². The van der Waals surface area contributed by atoms with Crippen molar-refractivity contribution < 1.29 is 9.59 Å². The highest BCUT2D eigenvalue weighted by Gasteiger charge is 2.41. The predicted octanol–water partition coefficient (Wildman–Crippen LogP) is 4.26. The maximum Gasteiger partial charge on any atom is 0.227 e. The van der Waals surface area contributed by atoms with Crippen molar-refractivity contribution in [2.75, 3.05) is 16.8 Å². The molecule has 0 aromatic heterocycles. The van der Waals surface area contributed by atoms with Crippen molar-refractivity contribution in [2.45, 2.75) is 58.9 Å². The molecule has 3 rings (SSSR count). The smallest absolute Gasteiger partial charge is 0.227 e. The first-order valence-corrected chi connectivity index (χ1v) is 9.70. The fourth-order valence-corrected chi connectivity index (χ4v) is 4.52. The van der Waals surface area contributed by atoms with Gasteiger partial charge in [0.25, 0.3) is 0 Å². The first-order valence-electron chi connectivity index (χ1n) is 9.70. The van der Waals surface area contributed by atoms with Crippen LogP contribution in [0.15, 0.2) is 24.3 Å². The second-order valence-electron chi connectivity index (χ2n) is 7.81. The molecular formula is C21H30N2O2. The van der Waals surface area contributed by atoms with Crippen LogP contribution in [0, 0.1) is 17.8 Å². The summed E-state index contributed by atoms with van der Waals surface area (Å²) in [5.41, 5.74) is 2.02. The molecular weight excluding hydrogens is 312 g/mol. The molecule has 2 unspecified atom stereocenters. The molecule has 0 saturated heterocycles. The number of benzene rings is 1. The lowest BCUT2D eigenvalue weighted by molar-refractivity contribution is -0.136. The van der Waals surface area contributed by atoms with Crippen LogP contribution in [0.3, 0.4) is 0 Å². The molecule has 0 heterocycles. The third-order valence-electron chi connectivity index (χ3n) is 5.85. The van der Waals surface area contributed by atoms with Crippen molar-refractivity contribution in [2.24, 2.45) is 17.8 Å². The van der Waals surface area contributed by atoms with Crippen LogP contribution in [-0.2, 0) is 9.59 Å². The van der Waals surface area contributed by atoms with E-state index in [2.05, 4.69) is 43.1 Å². The average molecular weight is 342 g/mol. The van der Waals surface area contributed by atoms with Crippen molar-refractivity contribution in [1.29, 1.82) is 0 Å². The van der Waals surface area contributed by atoms with E-state index in [-0.39, 0.29) is 23.7 Å². The number of Topliss-reactive ketones (excluding diaryl/α,β-unsaturated/α-hetero) is 1. The first-order chi connectivity index (χ1) is 12.0. The van der Waals surface area contributed by atoms with Gasteiger partial charge < -0.3 is 10.2 Å². The number of carbonyl (C=O) groups is 2. The number of nitrogens with zero attached hydrogens (tertiary/aromatic N) is 1. The maximum absolute atomic E-state index is 12.7. The van der Waals surface area contributed by atoms with Crippen LogP contribution in [0.1, 0.15) is 52.9 Å². The molecule has 1 aromatic carbocycles. The Morgan fingerprint density at radius 3 is 2.28 bits per heavy atom. The number of hydrogen-bond donors (Lipinski definition) is 1. The predicted molar refractivity (Wildman–Crippen MR) is 102 cm³/mol. The van der Waals surface area contributed by atoms with Crippen molar-refractivity contribution in [3.8, 4) is 0 Å². The number of rotatable bonds is 5. The van der Waals surface area contributed by atoms with Gasteiger partial charge in [-0.05, 0) is 70.7 Å². The SMILES string of the molecule is CCN(c1ccc(NC(=O)C2CC3CCCC(C2)C3=O)cc1)C(C)C. The maximum atomic E-state index is 12.7. The number of fused-ring (bicyclic) bond motifs is 2. The van der Waals surface area contributed by atoms with Gasteiger partial charge >= 0.3 is 0 Å². The zero-order chi connectivity index (χ0) is 18.0. The zero-order valence-electron chi connectivity index (χ0n) is 15.6. The first kappa shape index (κ1) is 18.0. The highest BCUT2D eigenvalue weighted by Crippen LogP contribution is 2.40. The minimum Gasteiger partial charge on any atom is -0.369 e. The van der Waals surface area contributed by atoms with Crippen molar-refractivity contribution in [1.82, 2.24) is 0 Å². The fraction of sp³-hybridized carbons (Fsp3) is 0.619. The Labute approximate surface area is 151 Å². The molecule has 0 radical (unpaired) electrons. The lowest BCUT2D eigenvalue weighted by Crippen LogP contribution is -2.40. The second-order valence-corrected chi connectivity index (χ2v) is 7.81. The Balaban J connectivity index is 1.62. The van der Waals surface area contributed by atoms with Gasteiger partial charge in [-0.15, -0.1) is 0 Å². The molecule has 4 heteroatoms. The summed E-state index contributed by atoms with van der Waals surface area (Å²) in [4.78, 5) is 27.2. The summed E-state index contributed by atoms with van der Waals surface area (Å²) < 4.78 is 0. The van der Waals surface area contributed by atoms with E-state index < -0.39 is 0 Å². The Morgan fingerprint density at radius 2 is 1.76 bits per heavy atom. The standard InChI is InChI=1S/C21H30N2O2/c1-4-23(14(2)3)19-10-8-18(9-11-19)22-21(25)17-12-15-6-5-7-16(13-17)20(15)24/h8-11,14-17H,4-7,12-13H2,1-3H3,(H,22,25). The molecule has 2 fully saturated rings. The molecule has 25 heavy (non-hydrogen) atoms. The normalized spacial score (nSPS) is 25.8. The van der Waals surface area contributed by atoms with Crippen LogP contribution in [0.25, 0.3) is 0 Å². The Hall–Kier alpha value is -1.84. The van der Waals surface area contributed by atoms with E-state index in [0.717, 1.165) is 44.3 Å². The average Bonchev–Trinajstić information content (AvgIpc) is 2.56. The second kappa shape index (κ2) is 7.59. The monoisotopic (exact) mass is 342 g/mol. The van der Waals surface area contributed by atoms with Crippen molar-refractivity contribution in [3.63, 3.8) is 0 Å². The Kier molecular flexibility index (Phi) is 5.45. The molecule has 2 aliphatic rings. The molecule has 0 spiro atoms. The molecule has 2 bridgehead atoms. The van der Waals surface area contributed by atoms with Crippen LogP contribution >= 0.6 is 0 Å². The summed E-state index contributed by atoms with van der Waals surface area (Å²) in [6.07, 6.45) is 4.54. The van der Waals surface area contributed by atoms with E-state index in [0.29, 0.717) is 11.8 Å². The molecule has 1 N–H and O–H groups in total. The lowest BCUT2D eigenvalue weighted by Gasteiger charge is -2.37. The lowest BCUT2D eigenvalue weighted by atomic mass is 9.67. The minimum absolute atomic E-state index is 0.0181. The molecule has 136 valence electrons. The summed E-state index contributed by atoms with van der Waals surface area (Å²) in [5, 5.41) is 3.06. The summed E-state index contributed by atoms with van der Waals surface area (Å²) in [6, 6.07) is 8.54. The van der Waals surface area contributed by atoms with Gasteiger partial charge in [-0.3, -0.25) is 9.59 Å². The van der Waals surface area contributed by atoms with Crippen LogP contribution in [0.5, 0.6) is 0 Å². The molecule has 2 aliphatic carbocycles. The van der Waals surface area contributed by atoms with Gasteiger partial charge in [0.2, 0.25) is 5.91 Å².